The molecule has 4 nitrogen and oxygen atoms in total. The normalized spacial score (nSPS) is 12.4. The van der Waals surface area contributed by atoms with E-state index in [-0.39, 0.29) is 22.9 Å². The fourth-order valence-electron chi connectivity index (χ4n) is 2.61. The Hall–Kier alpha value is -2.40. The standard InChI is InChI=1S/C24H29BrN2O2/c1-23(2,3)18-11-9-17(10-12-18)21(28)26-20(22(29)27-24(4,5)6)15-16-7-13-19(25)14-8-16/h7-15H,1-6H3,(H,26,28)(H,27,29)/b20-15+. The van der Waals surface area contributed by atoms with Crippen molar-refractivity contribution < 1.29 is 9.59 Å². The SMILES string of the molecule is CC(C)(C)NC(=O)/C(=C\c1ccc(Br)cc1)NC(=O)c1ccc(C(C)(C)C)cc1. The molecule has 0 spiro atoms. The van der Waals surface area contributed by atoms with Crippen molar-refractivity contribution in [2.24, 2.45) is 0 Å². The molecule has 29 heavy (non-hydrogen) atoms. The maximum Gasteiger partial charge on any atom is 0.268 e. The number of carbonyl (C=O) groups excluding carboxylic acids is 2. The fraction of sp³-hybridized carbons (Fsp3) is 0.333. The summed E-state index contributed by atoms with van der Waals surface area (Å²) in [5.74, 6) is -0.655. The van der Waals surface area contributed by atoms with Gasteiger partial charge in [0.25, 0.3) is 11.8 Å². The molecule has 154 valence electrons. The molecule has 0 saturated carbocycles. The van der Waals surface area contributed by atoms with Gasteiger partial charge in [0, 0.05) is 15.6 Å². The van der Waals surface area contributed by atoms with Gasteiger partial charge in [-0.25, -0.2) is 0 Å². The molecule has 0 aromatic heterocycles. The van der Waals surface area contributed by atoms with Crippen LogP contribution >= 0.6 is 15.9 Å². The van der Waals surface area contributed by atoms with Gasteiger partial charge in [-0.3, -0.25) is 9.59 Å². The molecule has 0 heterocycles. The van der Waals surface area contributed by atoms with Crippen molar-refractivity contribution in [1.82, 2.24) is 10.6 Å². The van der Waals surface area contributed by atoms with E-state index in [4.69, 9.17) is 0 Å². The number of benzene rings is 2. The lowest BCUT2D eigenvalue weighted by Crippen LogP contribution is -2.44. The maximum atomic E-state index is 12.8. The predicted octanol–water partition coefficient (Wildman–Crippen LogP) is 5.43. The number of amides is 2. The highest BCUT2D eigenvalue weighted by molar-refractivity contribution is 9.10. The highest BCUT2D eigenvalue weighted by atomic mass is 79.9. The van der Waals surface area contributed by atoms with Gasteiger partial charge in [0.05, 0.1) is 0 Å². The molecule has 0 bridgehead atoms. The molecule has 0 aliphatic heterocycles. The van der Waals surface area contributed by atoms with Crippen molar-refractivity contribution in [3.63, 3.8) is 0 Å². The quantitative estimate of drug-likeness (QED) is 0.602. The first-order valence-electron chi connectivity index (χ1n) is 9.57. The molecule has 0 saturated heterocycles. The summed E-state index contributed by atoms with van der Waals surface area (Å²) in [4.78, 5) is 25.6. The van der Waals surface area contributed by atoms with E-state index < -0.39 is 5.54 Å². The molecular weight excluding hydrogens is 428 g/mol. The van der Waals surface area contributed by atoms with Crippen LogP contribution in [0.3, 0.4) is 0 Å². The van der Waals surface area contributed by atoms with Gasteiger partial charge >= 0.3 is 0 Å². The third-order valence-corrected chi connectivity index (χ3v) is 4.70. The molecule has 2 rings (SSSR count). The minimum atomic E-state index is -0.422. The lowest BCUT2D eigenvalue weighted by atomic mass is 9.87. The van der Waals surface area contributed by atoms with Gasteiger partial charge in [-0.15, -0.1) is 0 Å². The minimum absolute atomic E-state index is 0.00818. The van der Waals surface area contributed by atoms with Crippen molar-refractivity contribution in [1.29, 1.82) is 0 Å². The Bertz CT molecular complexity index is 900. The van der Waals surface area contributed by atoms with Gasteiger partial charge in [0.2, 0.25) is 0 Å². The van der Waals surface area contributed by atoms with Gasteiger partial charge in [0.15, 0.2) is 0 Å². The second-order valence-electron chi connectivity index (χ2n) is 9.10. The molecule has 2 amide bonds. The Kier molecular flexibility index (Phi) is 7.06. The predicted molar refractivity (Wildman–Crippen MR) is 123 cm³/mol. The Morgan fingerprint density at radius 2 is 1.41 bits per heavy atom. The van der Waals surface area contributed by atoms with Gasteiger partial charge in [0.1, 0.15) is 5.70 Å². The van der Waals surface area contributed by atoms with Gasteiger partial charge < -0.3 is 10.6 Å². The lowest BCUT2D eigenvalue weighted by molar-refractivity contribution is -0.119. The first-order chi connectivity index (χ1) is 13.3. The third kappa shape index (κ3) is 7.17. The van der Waals surface area contributed by atoms with Crippen molar-refractivity contribution in [3.05, 3.63) is 75.4 Å². The van der Waals surface area contributed by atoms with E-state index in [2.05, 4.69) is 47.3 Å². The van der Waals surface area contributed by atoms with Gasteiger partial charge in [-0.1, -0.05) is 61.0 Å². The molecule has 0 aliphatic rings. The second-order valence-corrected chi connectivity index (χ2v) is 10.0. The van der Waals surface area contributed by atoms with Crippen LogP contribution < -0.4 is 10.6 Å². The number of hydrogen-bond acceptors (Lipinski definition) is 2. The van der Waals surface area contributed by atoms with Gasteiger partial charge in [-0.2, -0.15) is 0 Å². The summed E-state index contributed by atoms with van der Waals surface area (Å²) < 4.78 is 0.943. The average Bonchev–Trinajstić information content (AvgIpc) is 2.61. The van der Waals surface area contributed by atoms with E-state index >= 15 is 0 Å². The van der Waals surface area contributed by atoms with Crippen LogP contribution in [0.1, 0.15) is 63.0 Å². The van der Waals surface area contributed by atoms with Crippen LogP contribution in [0.15, 0.2) is 58.7 Å². The molecule has 0 radical (unpaired) electrons. The summed E-state index contributed by atoms with van der Waals surface area (Å²) in [6, 6.07) is 15.0. The zero-order chi connectivity index (χ0) is 21.8. The number of halogens is 1. The molecule has 5 heteroatoms. The minimum Gasteiger partial charge on any atom is -0.346 e. The zero-order valence-corrected chi connectivity index (χ0v) is 19.5. The molecule has 2 aromatic rings. The second kappa shape index (κ2) is 8.95. The summed E-state index contributed by atoms with van der Waals surface area (Å²) in [6.45, 7) is 12.1. The van der Waals surface area contributed by atoms with Crippen LogP contribution in [0, 0.1) is 0 Å². The van der Waals surface area contributed by atoms with E-state index in [0.29, 0.717) is 5.56 Å². The van der Waals surface area contributed by atoms with Gasteiger partial charge in [-0.05, 0) is 67.7 Å². The summed E-state index contributed by atoms with van der Waals surface area (Å²) >= 11 is 3.40. The number of nitrogens with one attached hydrogen (secondary N) is 2. The van der Waals surface area contributed by atoms with E-state index in [1.807, 2.05) is 57.2 Å². The molecular formula is C24H29BrN2O2. The largest absolute Gasteiger partial charge is 0.346 e. The monoisotopic (exact) mass is 456 g/mol. The number of carbonyl (C=O) groups is 2. The van der Waals surface area contributed by atoms with Crippen LogP contribution in [0.25, 0.3) is 6.08 Å². The maximum absolute atomic E-state index is 12.8. The van der Waals surface area contributed by atoms with Crippen LogP contribution in [-0.4, -0.2) is 17.4 Å². The van der Waals surface area contributed by atoms with E-state index in [1.54, 1.807) is 18.2 Å². The van der Waals surface area contributed by atoms with Crippen LogP contribution in [0.2, 0.25) is 0 Å². The van der Waals surface area contributed by atoms with Crippen molar-refractivity contribution in [3.8, 4) is 0 Å². The van der Waals surface area contributed by atoms with E-state index in [0.717, 1.165) is 15.6 Å². The van der Waals surface area contributed by atoms with Crippen molar-refractivity contribution in [2.45, 2.75) is 52.5 Å². The Labute approximate surface area is 181 Å². The summed E-state index contributed by atoms with van der Waals surface area (Å²) in [5, 5.41) is 5.68. The van der Waals surface area contributed by atoms with Crippen molar-refractivity contribution in [2.75, 3.05) is 0 Å². The van der Waals surface area contributed by atoms with Crippen LogP contribution in [0.4, 0.5) is 0 Å². The summed E-state index contributed by atoms with van der Waals surface area (Å²) in [6.07, 6.45) is 1.68. The Morgan fingerprint density at radius 1 is 0.862 bits per heavy atom. The Balaban J connectivity index is 2.30. The molecule has 2 N–H and O–H groups in total. The van der Waals surface area contributed by atoms with E-state index in [9.17, 15) is 9.59 Å². The first kappa shape index (κ1) is 22.9. The number of hydrogen-bond donors (Lipinski definition) is 2. The van der Waals surface area contributed by atoms with Crippen LogP contribution in [-0.2, 0) is 10.2 Å². The fourth-order valence-corrected chi connectivity index (χ4v) is 2.87. The Morgan fingerprint density at radius 3 is 1.90 bits per heavy atom. The highest BCUT2D eigenvalue weighted by Gasteiger charge is 2.20. The van der Waals surface area contributed by atoms with E-state index in [1.165, 1.54) is 0 Å². The topological polar surface area (TPSA) is 58.2 Å². The zero-order valence-electron chi connectivity index (χ0n) is 17.9. The molecule has 0 unspecified atom stereocenters. The summed E-state index contributed by atoms with van der Waals surface area (Å²) in [7, 11) is 0. The lowest BCUT2D eigenvalue weighted by Gasteiger charge is -2.22. The average molecular weight is 457 g/mol. The molecule has 0 atom stereocenters. The molecule has 2 aromatic carbocycles. The summed E-state index contributed by atoms with van der Waals surface area (Å²) in [5.41, 5.74) is 2.25. The van der Waals surface area contributed by atoms with Crippen molar-refractivity contribution >= 4 is 33.8 Å². The molecule has 0 fully saturated rings. The highest BCUT2D eigenvalue weighted by Crippen LogP contribution is 2.22. The number of rotatable bonds is 4. The van der Waals surface area contributed by atoms with Crippen LogP contribution in [0.5, 0.6) is 0 Å². The molecule has 0 aliphatic carbocycles. The smallest absolute Gasteiger partial charge is 0.268 e. The first-order valence-corrected chi connectivity index (χ1v) is 10.4. The third-order valence-electron chi connectivity index (χ3n) is 4.18.